The molecular weight excluding hydrogens is 264 g/mol. The van der Waals surface area contributed by atoms with Gasteiger partial charge in [-0.1, -0.05) is 6.92 Å². The van der Waals surface area contributed by atoms with Gasteiger partial charge in [0.1, 0.15) is 5.76 Å². The first-order valence-corrected chi connectivity index (χ1v) is 8.05. The van der Waals surface area contributed by atoms with E-state index in [0.717, 1.165) is 38.4 Å². The van der Waals surface area contributed by atoms with Gasteiger partial charge in [-0.3, -0.25) is 4.90 Å². The minimum Gasteiger partial charge on any atom is -0.468 e. The highest BCUT2D eigenvalue weighted by molar-refractivity contribution is 5.17. The summed E-state index contributed by atoms with van der Waals surface area (Å²) < 4.78 is 11.5. The van der Waals surface area contributed by atoms with Gasteiger partial charge in [0, 0.05) is 30.2 Å². The Hall–Kier alpha value is -0.840. The molecule has 1 aromatic heterocycles. The lowest BCUT2D eigenvalue weighted by Gasteiger charge is -2.38. The molecule has 4 nitrogen and oxygen atoms in total. The Morgan fingerprint density at radius 3 is 2.81 bits per heavy atom. The van der Waals surface area contributed by atoms with Crippen LogP contribution >= 0.6 is 0 Å². The van der Waals surface area contributed by atoms with Gasteiger partial charge in [0.25, 0.3) is 0 Å². The van der Waals surface area contributed by atoms with Gasteiger partial charge in [0.2, 0.25) is 0 Å². The first-order chi connectivity index (χ1) is 9.89. The van der Waals surface area contributed by atoms with Crippen LogP contribution in [0.15, 0.2) is 16.7 Å². The number of morpholine rings is 1. The molecule has 0 bridgehead atoms. The predicted octanol–water partition coefficient (Wildman–Crippen LogP) is 3.17. The van der Waals surface area contributed by atoms with Crippen LogP contribution in [0, 0.1) is 0 Å². The van der Waals surface area contributed by atoms with E-state index in [2.05, 4.69) is 50.9 Å². The average Bonchev–Trinajstić information content (AvgIpc) is 2.83. The zero-order chi connectivity index (χ0) is 15.5. The Morgan fingerprint density at radius 1 is 1.38 bits per heavy atom. The number of ether oxygens (including phenoxy) is 1. The smallest absolute Gasteiger partial charge is 0.122 e. The van der Waals surface area contributed by atoms with Crippen molar-refractivity contribution in [2.24, 2.45) is 0 Å². The summed E-state index contributed by atoms with van der Waals surface area (Å²) in [6.45, 7) is 14.5. The highest BCUT2D eigenvalue weighted by atomic mass is 16.5. The second-order valence-corrected chi connectivity index (χ2v) is 7.11. The Labute approximate surface area is 128 Å². The molecule has 2 heterocycles. The molecule has 1 fully saturated rings. The van der Waals surface area contributed by atoms with Crippen LogP contribution in [0.5, 0.6) is 0 Å². The minimum absolute atomic E-state index is 0.101. The fourth-order valence-corrected chi connectivity index (χ4v) is 2.71. The summed E-state index contributed by atoms with van der Waals surface area (Å²) in [4.78, 5) is 2.53. The van der Waals surface area contributed by atoms with E-state index in [1.165, 1.54) is 5.56 Å². The second-order valence-electron chi connectivity index (χ2n) is 7.11. The Bertz CT molecular complexity index is 436. The molecule has 2 rings (SSSR count). The molecule has 1 saturated heterocycles. The number of nitrogens with one attached hydrogen (secondary N) is 1. The summed E-state index contributed by atoms with van der Waals surface area (Å²) in [5.41, 5.74) is 1.39. The van der Waals surface area contributed by atoms with Gasteiger partial charge in [0.15, 0.2) is 0 Å². The van der Waals surface area contributed by atoms with Gasteiger partial charge in [-0.15, -0.1) is 0 Å². The molecule has 0 spiro atoms. The van der Waals surface area contributed by atoms with Crippen LogP contribution in [0.25, 0.3) is 0 Å². The standard InChI is InChI=1S/C17H30N2O2/c1-6-15-12-21-13(2)10-19(15)11-14-7-8-20-16(14)9-18-17(3,4)5/h7-8,13,15,18H,6,9-12H2,1-5H3. The monoisotopic (exact) mass is 294 g/mol. The van der Waals surface area contributed by atoms with E-state index in [1.807, 2.05) is 0 Å². The van der Waals surface area contributed by atoms with E-state index in [4.69, 9.17) is 9.15 Å². The van der Waals surface area contributed by atoms with Crippen molar-refractivity contribution in [1.82, 2.24) is 10.2 Å². The van der Waals surface area contributed by atoms with E-state index in [-0.39, 0.29) is 5.54 Å². The van der Waals surface area contributed by atoms with Crippen molar-refractivity contribution in [2.45, 2.75) is 71.8 Å². The van der Waals surface area contributed by atoms with Crippen molar-refractivity contribution in [1.29, 1.82) is 0 Å². The molecule has 0 radical (unpaired) electrons. The van der Waals surface area contributed by atoms with Gasteiger partial charge >= 0.3 is 0 Å². The number of rotatable bonds is 5. The van der Waals surface area contributed by atoms with E-state index in [1.54, 1.807) is 6.26 Å². The zero-order valence-corrected chi connectivity index (χ0v) is 14.1. The molecule has 4 heteroatoms. The van der Waals surface area contributed by atoms with Crippen LogP contribution in [-0.2, 0) is 17.8 Å². The van der Waals surface area contributed by atoms with Gasteiger partial charge in [-0.2, -0.15) is 0 Å². The van der Waals surface area contributed by atoms with Crippen molar-refractivity contribution in [3.63, 3.8) is 0 Å². The van der Waals surface area contributed by atoms with Crippen LogP contribution < -0.4 is 5.32 Å². The van der Waals surface area contributed by atoms with Gasteiger partial charge in [-0.05, 0) is 40.2 Å². The van der Waals surface area contributed by atoms with Crippen LogP contribution in [0.2, 0.25) is 0 Å². The van der Waals surface area contributed by atoms with Crippen molar-refractivity contribution in [3.8, 4) is 0 Å². The summed E-state index contributed by atoms with van der Waals surface area (Å²) in [7, 11) is 0. The molecule has 2 atom stereocenters. The maximum atomic E-state index is 5.78. The molecule has 2 unspecified atom stereocenters. The summed E-state index contributed by atoms with van der Waals surface area (Å²) in [5, 5.41) is 3.50. The van der Waals surface area contributed by atoms with Gasteiger partial charge in [0.05, 0.1) is 25.5 Å². The average molecular weight is 294 g/mol. The fourth-order valence-electron chi connectivity index (χ4n) is 2.71. The summed E-state index contributed by atoms with van der Waals surface area (Å²) >= 11 is 0. The number of hydrogen-bond donors (Lipinski definition) is 1. The topological polar surface area (TPSA) is 37.6 Å². The molecule has 1 aliphatic heterocycles. The zero-order valence-electron chi connectivity index (χ0n) is 14.1. The molecule has 1 N–H and O–H groups in total. The maximum Gasteiger partial charge on any atom is 0.122 e. The number of nitrogens with zero attached hydrogens (tertiary/aromatic N) is 1. The summed E-state index contributed by atoms with van der Waals surface area (Å²) in [6.07, 6.45) is 3.25. The first-order valence-electron chi connectivity index (χ1n) is 8.05. The molecule has 21 heavy (non-hydrogen) atoms. The van der Waals surface area contributed by atoms with E-state index in [0.29, 0.717) is 12.1 Å². The lowest BCUT2D eigenvalue weighted by Crippen LogP contribution is -2.48. The Morgan fingerprint density at radius 2 is 2.14 bits per heavy atom. The van der Waals surface area contributed by atoms with Crippen LogP contribution in [0.1, 0.15) is 52.4 Å². The van der Waals surface area contributed by atoms with Crippen LogP contribution in [0.3, 0.4) is 0 Å². The SMILES string of the molecule is CCC1COC(C)CN1Cc1ccoc1CNC(C)(C)C. The molecule has 0 aromatic carbocycles. The van der Waals surface area contributed by atoms with E-state index < -0.39 is 0 Å². The molecular formula is C17H30N2O2. The molecule has 1 aromatic rings. The normalized spacial score (nSPS) is 24.4. The van der Waals surface area contributed by atoms with Crippen molar-refractivity contribution in [2.75, 3.05) is 13.2 Å². The first kappa shape index (κ1) is 16.5. The third kappa shape index (κ3) is 4.83. The van der Waals surface area contributed by atoms with Crippen LogP contribution in [0.4, 0.5) is 0 Å². The molecule has 1 aliphatic rings. The fraction of sp³-hybridized carbons (Fsp3) is 0.765. The quantitative estimate of drug-likeness (QED) is 0.905. The minimum atomic E-state index is 0.101. The molecule has 0 aliphatic carbocycles. The Balaban J connectivity index is 2.00. The van der Waals surface area contributed by atoms with Crippen molar-refractivity contribution < 1.29 is 9.15 Å². The third-order valence-corrected chi connectivity index (χ3v) is 4.04. The number of furan rings is 1. The van der Waals surface area contributed by atoms with Crippen molar-refractivity contribution >= 4 is 0 Å². The lowest BCUT2D eigenvalue weighted by atomic mass is 10.1. The predicted molar refractivity (Wildman–Crippen MR) is 85.2 cm³/mol. The Kier molecular flexibility index (Phi) is 5.47. The third-order valence-electron chi connectivity index (χ3n) is 4.04. The lowest BCUT2D eigenvalue weighted by molar-refractivity contribution is -0.0593. The highest BCUT2D eigenvalue weighted by Gasteiger charge is 2.26. The largest absolute Gasteiger partial charge is 0.468 e. The van der Waals surface area contributed by atoms with Crippen molar-refractivity contribution in [3.05, 3.63) is 23.7 Å². The summed E-state index contributed by atoms with van der Waals surface area (Å²) in [6, 6.07) is 2.62. The maximum absolute atomic E-state index is 5.78. The molecule has 120 valence electrons. The van der Waals surface area contributed by atoms with Gasteiger partial charge in [-0.25, -0.2) is 0 Å². The van der Waals surface area contributed by atoms with Crippen LogP contribution in [-0.4, -0.2) is 35.7 Å². The molecule has 0 amide bonds. The van der Waals surface area contributed by atoms with E-state index in [9.17, 15) is 0 Å². The highest BCUT2D eigenvalue weighted by Crippen LogP contribution is 2.20. The summed E-state index contributed by atoms with van der Waals surface area (Å²) in [5.74, 6) is 1.05. The van der Waals surface area contributed by atoms with Gasteiger partial charge < -0.3 is 14.5 Å². The molecule has 0 saturated carbocycles. The second kappa shape index (κ2) is 6.95. The van der Waals surface area contributed by atoms with E-state index >= 15 is 0 Å². The number of hydrogen-bond acceptors (Lipinski definition) is 4.